The first-order valence-electron chi connectivity index (χ1n) is 7.16. The van der Waals surface area contributed by atoms with Crippen LogP contribution in [-0.4, -0.2) is 34.8 Å². The third-order valence-corrected chi connectivity index (χ3v) is 5.70. The number of methoxy groups -OCH3 is 2. The van der Waals surface area contributed by atoms with Crippen molar-refractivity contribution in [1.82, 2.24) is 9.55 Å². The Hall–Kier alpha value is -2.00. The van der Waals surface area contributed by atoms with Gasteiger partial charge >= 0.3 is 5.97 Å². The lowest BCUT2D eigenvalue weighted by Gasteiger charge is -2.13. The second kappa shape index (κ2) is 7.32. The molecule has 1 N–H and O–H groups in total. The van der Waals surface area contributed by atoms with Gasteiger partial charge in [-0.2, -0.15) is 5.10 Å². The number of carboxylic acid groups (broad SMARTS) is 1. The largest absolute Gasteiger partial charge is 0.494 e. The Morgan fingerprint density at radius 3 is 2.31 bits per heavy atom. The Bertz CT molecular complexity index is 997. The molecule has 0 spiro atoms. The number of hydrogen-bond donors (Lipinski definition) is 1. The SMILES string of the molecule is COc1cc(OC)c(F)c(-c2ccc3c(C(=O)O)nn(PI)c3c2)c1F. The highest BCUT2D eigenvalue weighted by atomic mass is 127. The summed E-state index contributed by atoms with van der Waals surface area (Å²) in [5.41, 5.74) is 0.259. The summed E-state index contributed by atoms with van der Waals surface area (Å²) in [6.07, 6.45) is 0.117. The van der Waals surface area contributed by atoms with Crippen LogP contribution >= 0.6 is 28.4 Å². The Balaban J connectivity index is 2.31. The van der Waals surface area contributed by atoms with Crippen molar-refractivity contribution in [3.63, 3.8) is 0 Å². The molecule has 26 heavy (non-hydrogen) atoms. The molecule has 6 nitrogen and oxygen atoms in total. The average molecular weight is 492 g/mol. The van der Waals surface area contributed by atoms with Crippen LogP contribution in [0.2, 0.25) is 0 Å². The predicted octanol–water partition coefficient (Wildman–Crippen LogP) is 4.49. The van der Waals surface area contributed by atoms with Crippen LogP contribution in [-0.2, 0) is 0 Å². The van der Waals surface area contributed by atoms with E-state index < -0.39 is 17.6 Å². The number of aromatic nitrogens is 2. The average Bonchev–Trinajstić information content (AvgIpc) is 3.00. The Morgan fingerprint density at radius 1 is 1.19 bits per heavy atom. The van der Waals surface area contributed by atoms with E-state index in [-0.39, 0.29) is 34.7 Å². The Morgan fingerprint density at radius 2 is 1.81 bits per heavy atom. The van der Waals surface area contributed by atoms with E-state index in [0.29, 0.717) is 10.9 Å². The van der Waals surface area contributed by atoms with E-state index in [4.69, 9.17) is 9.47 Å². The maximum Gasteiger partial charge on any atom is 0.357 e. The van der Waals surface area contributed by atoms with Crippen molar-refractivity contribution >= 4 is 45.3 Å². The van der Waals surface area contributed by atoms with E-state index in [1.165, 1.54) is 36.9 Å². The molecule has 10 heteroatoms. The van der Waals surface area contributed by atoms with Gasteiger partial charge in [-0.25, -0.2) is 18.0 Å². The van der Waals surface area contributed by atoms with Gasteiger partial charge in [0.15, 0.2) is 28.8 Å². The molecule has 0 saturated carbocycles. The summed E-state index contributed by atoms with van der Waals surface area (Å²) in [7, 11) is 2.54. The van der Waals surface area contributed by atoms with Gasteiger partial charge in [0.05, 0.1) is 31.7 Å². The maximum atomic E-state index is 14.7. The zero-order chi connectivity index (χ0) is 19.0. The van der Waals surface area contributed by atoms with Crippen molar-refractivity contribution in [3.05, 3.63) is 41.6 Å². The van der Waals surface area contributed by atoms with E-state index in [9.17, 15) is 18.7 Å². The first-order valence-corrected chi connectivity index (χ1v) is 11.2. The minimum atomic E-state index is -1.17. The number of rotatable bonds is 5. The van der Waals surface area contributed by atoms with Crippen molar-refractivity contribution in [2.75, 3.05) is 14.2 Å². The molecule has 1 unspecified atom stereocenters. The highest BCUT2D eigenvalue weighted by molar-refractivity contribution is 14.2. The number of ether oxygens (including phenoxy) is 2. The molecule has 1 heterocycles. The quantitative estimate of drug-likeness (QED) is 0.420. The lowest BCUT2D eigenvalue weighted by Crippen LogP contribution is -1.99. The zero-order valence-corrected chi connectivity index (χ0v) is 16.7. The smallest absolute Gasteiger partial charge is 0.357 e. The number of hydrogen-bond acceptors (Lipinski definition) is 4. The molecule has 2 aromatic carbocycles. The predicted molar refractivity (Wildman–Crippen MR) is 103 cm³/mol. The van der Waals surface area contributed by atoms with Crippen LogP contribution in [0.5, 0.6) is 11.5 Å². The highest BCUT2D eigenvalue weighted by Crippen LogP contribution is 2.39. The third kappa shape index (κ3) is 2.99. The van der Waals surface area contributed by atoms with Crippen molar-refractivity contribution in [3.8, 4) is 22.6 Å². The molecule has 0 radical (unpaired) electrons. The monoisotopic (exact) mass is 492 g/mol. The molecule has 3 rings (SSSR count). The number of benzene rings is 2. The Kier molecular flexibility index (Phi) is 5.29. The third-order valence-electron chi connectivity index (χ3n) is 3.83. The van der Waals surface area contributed by atoms with Crippen molar-refractivity contribution in [2.24, 2.45) is 0 Å². The number of carbonyl (C=O) groups is 1. The van der Waals surface area contributed by atoms with Crippen LogP contribution in [0.4, 0.5) is 8.78 Å². The summed E-state index contributed by atoms with van der Waals surface area (Å²) in [5, 5.41) is 13.7. The van der Waals surface area contributed by atoms with Gasteiger partial charge in [-0.3, -0.25) is 0 Å². The van der Waals surface area contributed by atoms with E-state index >= 15 is 0 Å². The molecular formula is C16H12F2IN2O4P. The molecule has 0 aliphatic rings. The molecule has 0 amide bonds. The molecule has 0 bridgehead atoms. The van der Waals surface area contributed by atoms with Crippen LogP contribution in [0.25, 0.3) is 22.0 Å². The fourth-order valence-corrected chi connectivity index (χ4v) is 4.15. The Labute approximate surface area is 161 Å². The fourth-order valence-electron chi connectivity index (χ4n) is 2.63. The van der Waals surface area contributed by atoms with Gasteiger partial charge < -0.3 is 14.6 Å². The molecule has 0 saturated heterocycles. The van der Waals surface area contributed by atoms with Gasteiger partial charge in [-0.1, -0.05) is 6.07 Å². The summed E-state index contributed by atoms with van der Waals surface area (Å²) in [6, 6.07) is 5.56. The van der Waals surface area contributed by atoms with Crippen LogP contribution in [0, 0.1) is 11.6 Å². The number of carboxylic acids is 1. The van der Waals surface area contributed by atoms with Gasteiger partial charge in [-0.15, -0.1) is 0 Å². The lowest BCUT2D eigenvalue weighted by atomic mass is 10.0. The molecular weight excluding hydrogens is 480 g/mol. The minimum Gasteiger partial charge on any atom is -0.494 e. The standard InChI is InChI=1S/C16H12F2IN2O4P/c1-24-10-6-11(25-2)14(18)12(13(10)17)7-3-4-8-9(5-7)21(26-19)20-15(8)16(22)23/h3-6,26H,1-2H3,(H,22,23). The van der Waals surface area contributed by atoms with Gasteiger partial charge in [0.2, 0.25) is 0 Å². The number of aromatic carboxylic acids is 1. The maximum absolute atomic E-state index is 14.7. The van der Waals surface area contributed by atoms with E-state index in [0.717, 1.165) is 6.07 Å². The summed E-state index contributed by atoms with van der Waals surface area (Å²) in [5.74, 6) is -3.22. The second-order valence-corrected chi connectivity index (χ2v) is 7.21. The summed E-state index contributed by atoms with van der Waals surface area (Å²) in [6.45, 7) is 0. The normalized spacial score (nSPS) is 11.4. The second-order valence-electron chi connectivity index (χ2n) is 5.17. The molecule has 0 aliphatic heterocycles. The lowest BCUT2D eigenvalue weighted by molar-refractivity contribution is 0.0692. The minimum absolute atomic E-state index is 0.111. The molecule has 1 aromatic heterocycles. The molecule has 0 aliphatic carbocycles. The van der Waals surface area contributed by atoms with E-state index in [1.54, 1.807) is 0 Å². The number of fused-ring (bicyclic) bond motifs is 1. The first kappa shape index (κ1) is 18.8. The van der Waals surface area contributed by atoms with Gasteiger partial charge in [0.25, 0.3) is 0 Å². The summed E-state index contributed by atoms with van der Waals surface area (Å²) in [4.78, 5) is 11.3. The van der Waals surface area contributed by atoms with Crippen LogP contribution < -0.4 is 9.47 Å². The van der Waals surface area contributed by atoms with Crippen molar-refractivity contribution < 1.29 is 28.2 Å². The molecule has 0 fully saturated rings. The first-order chi connectivity index (χ1) is 12.4. The van der Waals surface area contributed by atoms with Crippen LogP contribution in [0.3, 0.4) is 0 Å². The molecule has 136 valence electrons. The van der Waals surface area contributed by atoms with Gasteiger partial charge in [-0.05, 0) is 39.7 Å². The van der Waals surface area contributed by atoms with Gasteiger partial charge in [0.1, 0.15) is 0 Å². The zero-order valence-electron chi connectivity index (χ0n) is 13.5. The summed E-state index contributed by atoms with van der Waals surface area (Å²) < 4.78 is 40.8. The molecule has 1 atom stereocenters. The summed E-state index contributed by atoms with van der Waals surface area (Å²) >= 11 is 2.05. The fraction of sp³-hybridized carbons (Fsp3) is 0.125. The number of nitrogens with zero attached hydrogens (tertiary/aromatic N) is 2. The molecule has 3 aromatic rings. The highest BCUT2D eigenvalue weighted by Gasteiger charge is 2.23. The topological polar surface area (TPSA) is 73.6 Å². The van der Waals surface area contributed by atoms with E-state index in [2.05, 4.69) is 5.10 Å². The van der Waals surface area contributed by atoms with Crippen molar-refractivity contribution in [1.29, 1.82) is 0 Å². The van der Waals surface area contributed by atoms with Crippen LogP contribution in [0.1, 0.15) is 10.5 Å². The van der Waals surface area contributed by atoms with E-state index in [1.807, 2.05) is 22.0 Å². The van der Waals surface area contributed by atoms with Crippen LogP contribution in [0.15, 0.2) is 24.3 Å². The van der Waals surface area contributed by atoms with Gasteiger partial charge in [0, 0.05) is 11.5 Å². The van der Waals surface area contributed by atoms with Crippen molar-refractivity contribution in [2.45, 2.75) is 0 Å². The number of halogens is 3.